The molecule has 0 saturated carbocycles. The van der Waals surface area contributed by atoms with Crippen LogP contribution >= 0.6 is 0 Å². The van der Waals surface area contributed by atoms with E-state index in [0.29, 0.717) is 72.7 Å². The summed E-state index contributed by atoms with van der Waals surface area (Å²) < 4.78 is 31.7. The predicted molar refractivity (Wildman–Crippen MR) is 86.6 cm³/mol. The van der Waals surface area contributed by atoms with Gasteiger partial charge in [0.05, 0.1) is 66.1 Å². The van der Waals surface area contributed by atoms with Crippen molar-refractivity contribution in [1.82, 2.24) is 0 Å². The number of hydrogen-bond acceptors (Lipinski definition) is 7. The van der Waals surface area contributed by atoms with E-state index in [4.69, 9.17) is 28.4 Å². The maximum absolute atomic E-state index is 9.41. The molecule has 7 nitrogen and oxygen atoms in total. The zero-order valence-corrected chi connectivity index (χ0v) is 14.8. The van der Waals surface area contributed by atoms with Crippen LogP contribution in [0.3, 0.4) is 0 Å². The van der Waals surface area contributed by atoms with E-state index in [1.165, 1.54) is 0 Å². The van der Waals surface area contributed by atoms with Crippen molar-refractivity contribution in [3.8, 4) is 0 Å². The van der Waals surface area contributed by atoms with Crippen LogP contribution in [-0.2, 0) is 28.4 Å². The Kier molecular flexibility index (Phi) is 17.8. The highest BCUT2D eigenvalue weighted by atomic mass is 16.6. The van der Waals surface area contributed by atoms with Crippen LogP contribution in [-0.4, -0.2) is 84.1 Å². The topological polar surface area (TPSA) is 75.6 Å². The Morgan fingerprint density at radius 3 is 1.30 bits per heavy atom. The van der Waals surface area contributed by atoms with Gasteiger partial charge >= 0.3 is 0 Å². The molecule has 0 aromatic heterocycles. The highest BCUT2D eigenvalue weighted by Crippen LogP contribution is 2.01. The van der Waals surface area contributed by atoms with E-state index in [1.54, 1.807) is 0 Å². The molecule has 0 fully saturated rings. The summed E-state index contributed by atoms with van der Waals surface area (Å²) in [5, 5.41) is 9.41. The predicted octanol–water partition coefficient (Wildman–Crippen LogP) is 1.08. The van der Waals surface area contributed by atoms with Crippen LogP contribution in [0.2, 0.25) is 0 Å². The van der Waals surface area contributed by atoms with Crippen molar-refractivity contribution in [2.24, 2.45) is 5.92 Å². The van der Waals surface area contributed by atoms with Gasteiger partial charge in [-0.15, -0.1) is 0 Å². The summed E-state index contributed by atoms with van der Waals surface area (Å²) >= 11 is 0. The fraction of sp³-hybridized carbons (Fsp3) is 1.00. The lowest BCUT2D eigenvalue weighted by Gasteiger charge is -2.15. The van der Waals surface area contributed by atoms with Gasteiger partial charge in [0, 0.05) is 12.5 Å². The molecule has 0 aliphatic rings. The van der Waals surface area contributed by atoms with Gasteiger partial charge in [-0.25, -0.2) is 0 Å². The lowest BCUT2D eigenvalue weighted by molar-refractivity contribution is -0.137. The third-order valence-corrected chi connectivity index (χ3v) is 2.78. The van der Waals surface area contributed by atoms with E-state index in [-0.39, 0.29) is 5.92 Å². The Hall–Kier alpha value is -0.280. The summed E-state index contributed by atoms with van der Waals surface area (Å²) in [7, 11) is 0. The third kappa shape index (κ3) is 17.9. The molecule has 1 unspecified atom stereocenters. The molecular formula is C16H34O7. The molecule has 140 valence electrons. The van der Waals surface area contributed by atoms with E-state index >= 15 is 0 Å². The summed E-state index contributed by atoms with van der Waals surface area (Å²) in [5.74, 6) is 0.0911. The number of rotatable bonds is 18. The molecule has 23 heavy (non-hydrogen) atoms. The Bertz CT molecular complexity index is 226. The summed E-state index contributed by atoms with van der Waals surface area (Å²) in [5.41, 5.74) is 0. The first-order valence-corrected chi connectivity index (χ1v) is 8.36. The van der Waals surface area contributed by atoms with Crippen LogP contribution < -0.4 is 0 Å². The molecule has 0 radical (unpaired) electrons. The van der Waals surface area contributed by atoms with Crippen molar-refractivity contribution in [2.45, 2.75) is 27.1 Å². The summed E-state index contributed by atoms with van der Waals surface area (Å²) in [4.78, 5) is 0. The molecule has 0 heterocycles. The van der Waals surface area contributed by atoms with Crippen molar-refractivity contribution in [3.63, 3.8) is 0 Å². The minimum Gasteiger partial charge on any atom is -0.379 e. The van der Waals surface area contributed by atoms with Gasteiger partial charge in [-0.2, -0.15) is 0 Å². The molecular weight excluding hydrogens is 304 g/mol. The first-order chi connectivity index (χ1) is 11.2. The lowest BCUT2D eigenvalue weighted by atomic mass is 10.2. The Morgan fingerprint density at radius 1 is 0.609 bits per heavy atom. The van der Waals surface area contributed by atoms with Crippen LogP contribution in [0.4, 0.5) is 0 Å². The van der Waals surface area contributed by atoms with Crippen molar-refractivity contribution in [1.29, 1.82) is 0 Å². The third-order valence-electron chi connectivity index (χ3n) is 2.78. The van der Waals surface area contributed by atoms with Crippen LogP contribution in [0.1, 0.15) is 20.8 Å². The van der Waals surface area contributed by atoms with Crippen molar-refractivity contribution >= 4 is 0 Å². The van der Waals surface area contributed by atoms with E-state index in [1.807, 2.05) is 20.8 Å². The first-order valence-electron chi connectivity index (χ1n) is 8.36. The maximum atomic E-state index is 9.41. The molecule has 1 N–H and O–H groups in total. The standard InChI is InChI=1S/C16H34O7/c1-4-18-5-6-19-7-8-20-9-10-21-11-12-22-13-14-23-16(17)15(2)3/h15-17H,4-14H2,1-3H3. The maximum Gasteiger partial charge on any atom is 0.156 e. The van der Waals surface area contributed by atoms with Gasteiger partial charge in [0.1, 0.15) is 0 Å². The minimum absolute atomic E-state index is 0.0911. The second kappa shape index (κ2) is 18.1. The molecule has 0 amide bonds. The fourth-order valence-electron chi connectivity index (χ4n) is 1.44. The Morgan fingerprint density at radius 2 is 0.957 bits per heavy atom. The largest absolute Gasteiger partial charge is 0.379 e. The SMILES string of the molecule is CCOCCOCCOCCOCCOCCOC(O)C(C)C. The number of aliphatic hydroxyl groups is 1. The second-order valence-corrected chi connectivity index (χ2v) is 5.15. The molecule has 0 aromatic carbocycles. The molecule has 0 aliphatic heterocycles. The van der Waals surface area contributed by atoms with Crippen LogP contribution in [0.25, 0.3) is 0 Å². The first kappa shape index (κ1) is 22.7. The van der Waals surface area contributed by atoms with E-state index in [0.717, 1.165) is 0 Å². The summed E-state index contributed by atoms with van der Waals surface area (Å²) in [6.07, 6.45) is -0.727. The van der Waals surface area contributed by atoms with Crippen molar-refractivity contribution in [2.75, 3.05) is 72.7 Å². The highest BCUT2D eigenvalue weighted by Gasteiger charge is 2.07. The average Bonchev–Trinajstić information content (AvgIpc) is 2.54. The van der Waals surface area contributed by atoms with Crippen LogP contribution in [0.5, 0.6) is 0 Å². The molecule has 0 aromatic rings. The molecule has 0 bridgehead atoms. The van der Waals surface area contributed by atoms with Crippen molar-refractivity contribution in [3.05, 3.63) is 0 Å². The van der Waals surface area contributed by atoms with Crippen LogP contribution in [0, 0.1) is 5.92 Å². The summed E-state index contributed by atoms with van der Waals surface area (Å²) in [6.45, 7) is 11.7. The van der Waals surface area contributed by atoms with Crippen molar-refractivity contribution < 1.29 is 33.5 Å². The number of hydrogen-bond donors (Lipinski definition) is 1. The molecule has 0 rings (SSSR count). The number of aliphatic hydroxyl groups excluding tert-OH is 1. The van der Waals surface area contributed by atoms with Gasteiger partial charge in [0.2, 0.25) is 0 Å². The normalized spacial score (nSPS) is 12.9. The minimum atomic E-state index is -0.727. The molecule has 1 atom stereocenters. The quantitative estimate of drug-likeness (QED) is 0.296. The van der Waals surface area contributed by atoms with Crippen LogP contribution in [0.15, 0.2) is 0 Å². The van der Waals surface area contributed by atoms with Gasteiger partial charge in [0.25, 0.3) is 0 Å². The zero-order chi connectivity index (χ0) is 17.2. The Balaban J connectivity index is 3.03. The Labute approximate surface area is 140 Å². The van der Waals surface area contributed by atoms with E-state index < -0.39 is 6.29 Å². The molecule has 0 spiro atoms. The number of ether oxygens (including phenoxy) is 6. The van der Waals surface area contributed by atoms with E-state index in [2.05, 4.69) is 0 Å². The average molecular weight is 338 g/mol. The molecule has 0 saturated heterocycles. The smallest absolute Gasteiger partial charge is 0.156 e. The lowest BCUT2D eigenvalue weighted by Crippen LogP contribution is -2.21. The molecule has 7 heteroatoms. The monoisotopic (exact) mass is 338 g/mol. The second-order valence-electron chi connectivity index (χ2n) is 5.15. The summed E-state index contributed by atoms with van der Waals surface area (Å²) in [6, 6.07) is 0. The van der Waals surface area contributed by atoms with Gasteiger partial charge in [-0.1, -0.05) is 13.8 Å². The molecule has 0 aliphatic carbocycles. The van der Waals surface area contributed by atoms with Gasteiger partial charge in [-0.05, 0) is 6.92 Å². The van der Waals surface area contributed by atoms with Gasteiger partial charge < -0.3 is 33.5 Å². The highest BCUT2D eigenvalue weighted by molar-refractivity contribution is 4.46. The van der Waals surface area contributed by atoms with Gasteiger partial charge in [-0.3, -0.25) is 0 Å². The van der Waals surface area contributed by atoms with Gasteiger partial charge in [0.15, 0.2) is 6.29 Å². The fourth-order valence-corrected chi connectivity index (χ4v) is 1.44. The van der Waals surface area contributed by atoms with E-state index in [9.17, 15) is 5.11 Å². The zero-order valence-electron chi connectivity index (χ0n) is 14.8.